The number of aliphatic hydroxyl groups is 1. The summed E-state index contributed by atoms with van der Waals surface area (Å²) < 4.78 is 13.2. The number of nitrogens with one attached hydrogen (secondary N) is 2. The van der Waals surface area contributed by atoms with E-state index in [4.69, 9.17) is 16.7 Å². The summed E-state index contributed by atoms with van der Waals surface area (Å²) in [4.78, 5) is 8.89. The van der Waals surface area contributed by atoms with Gasteiger partial charge in [0.1, 0.15) is 11.6 Å². The Morgan fingerprint density at radius 2 is 2.13 bits per heavy atom. The van der Waals surface area contributed by atoms with Crippen molar-refractivity contribution in [3.8, 4) is 0 Å². The first-order chi connectivity index (χ1) is 11.0. The summed E-state index contributed by atoms with van der Waals surface area (Å²) in [5.74, 6) is 1.07. The lowest BCUT2D eigenvalue weighted by Crippen LogP contribution is -2.21. The van der Waals surface area contributed by atoms with Gasteiger partial charge in [-0.3, -0.25) is 0 Å². The van der Waals surface area contributed by atoms with Gasteiger partial charge in [0.15, 0.2) is 0 Å². The number of anilines is 3. The van der Waals surface area contributed by atoms with Gasteiger partial charge in [0.25, 0.3) is 0 Å². The minimum absolute atomic E-state index is 0.00660. The Morgan fingerprint density at radius 1 is 1.35 bits per heavy atom. The Morgan fingerprint density at radius 3 is 2.78 bits per heavy atom. The number of halogens is 2. The van der Waals surface area contributed by atoms with E-state index in [0.29, 0.717) is 23.4 Å². The van der Waals surface area contributed by atoms with Crippen molar-refractivity contribution in [2.75, 3.05) is 17.2 Å². The Kier molecular flexibility index (Phi) is 4.63. The monoisotopic (exact) mass is 336 g/mol. The van der Waals surface area contributed by atoms with Gasteiger partial charge in [-0.2, -0.15) is 4.98 Å². The van der Waals surface area contributed by atoms with E-state index < -0.39 is 5.82 Å². The van der Waals surface area contributed by atoms with E-state index in [1.165, 1.54) is 12.1 Å². The zero-order valence-corrected chi connectivity index (χ0v) is 13.4. The lowest BCUT2D eigenvalue weighted by Gasteiger charge is -2.14. The molecule has 1 atom stereocenters. The molecule has 7 heteroatoms. The lowest BCUT2D eigenvalue weighted by molar-refractivity contribution is 0.281. The van der Waals surface area contributed by atoms with Crippen molar-refractivity contribution < 1.29 is 9.50 Å². The van der Waals surface area contributed by atoms with Crippen LogP contribution in [0, 0.1) is 5.82 Å². The fourth-order valence-electron chi connectivity index (χ4n) is 2.17. The van der Waals surface area contributed by atoms with E-state index in [0.717, 1.165) is 18.5 Å². The topological polar surface area (TPSA) is 70.1 Å². The summed E-state index contributed by atoms with van der Waals surface area (Å²) in [7, 11) is 0. The van der Waals surface area contributed by atoms with E-state index in [-0.39, 0.29) is 17.7 Å². The van der Waals surface area contributed by atoms with Gasteiger partial charge in [0, 0.05) is 23.7 Å². The molecule has 23 heavy (non-hydrogen) atoms. The summed E-state index contributed by atoms with van der Waals surface area (Å²) in [5.41, 5.74) is 1.61. The molecule has 0 aliphatic heterocycles. The second-order valence-electron chi connectivity index (χ2n) is 5.76. The average molecular weight is 337 g/mol. The van der Waals surface area contributed by atoms with Gasteiger partial charge in [0.2, 0.25) is 5.95 Å². The number of aliphatic hydroxyl groups excluding tert-OH is 1. The van der Waals surface area contributed by atoms with Crippen molar-refractivity contribution in [3.63, 3.8) is 0 Å². The van der Waals surface area contributed by atoms with Crippen molar-refractivity contribution in [1.82, 2.24) is 9.97 Å². The summed E-state index contributed by atoms with van der Waals surface area (Å²) in [6.45, 7) is 1.84. The fraction of sp³-hybridized carbons (Fsp3) is 0.375. The maximum absolute atomic E-state index is 13.2. The van der Waals surface area contributed by atoms with Gasteiger partial charge in [-0.15, -0.1) is 0 Å². The zero-order chi connectivity index (χ0) is 16.4. The second-order valence-corrected chi connectivity index (χ2v) is 6.16. The van der Waals surface area contributed by atoms with Gasteiger partial charge in [0.05, 0.1) is 17.3 Å². The molecule has 2 aromatic rings. The van der Waals surface area contributed by atoms with Crippen LogP contribution in [0.2, 0.25) is 5.02 Å². The van der Waals surface area contributed by atoms with Gasteiger partial charge >= 0.3 is 0 Å². The molecule has 1 aliphatic rings. The highest BCUT2D eigenvalue weighted by Gasteiger charge is 2.26. The molecule has 0 unspecified atom stereocenters. The SMILES string of the molecule is C[C@@H](CO)Nc1nc(Nc2ccc(F)c(Cl)c2)cc(C2CC2)n1. The van der Waals surface area contributed by atoms with Crippen molar-refractivity contribution in [1.29, 1.82) is 0 Å². The van der Waals surface area contributed by atoms with Crippen LogP contribution in [0.5, 0.6) is 0 Å². The van der Waals surface area contributed by atoms with Gasteiger partial charge in [-0.25, -0.2) is 9.37 Å². The van der Waals surface area contributed by atoms with Gasteiger partial charge < -0.3 is 15.7 Å². The molecule has 5 nitrogen and oxygen atoms in total. The molecule has 1 aromatic heterocycles. The highest BCUT2D eigenvalue weighted by molar-refractivity contribution is 6.31. The van der Waals surface area contributed by atoms with Crippen molar-refractivity contribution in [2.24, 2.45) is 0 Å². The molecule has 0 spiro atoms. The molecule has 3 rings (SSSR count). The van der Waals surface area contributed by atoms with Gasteiger partial charge in [-0.1, -0.05) is 11.6 Å². The maximum Gasteiger partial charge on any atom is 0.225 e. The highest BCUT2D eigenvalue weighted by atomic mass is 35.5. The van der Waals surface area contributed by atoms with Crippen LogP contribution in [0.25, 0.3) is 0 Å². The molecule has 0 radical (unpaired) electrons. The van der Waals surface area contributed by atoms with E-state index in [1.807, 2.05) is 13.0 Å². The zero-order valence-electron chi connectivity index (χ0n) is 12.7. The molecule has 1 fully saturated rings. The Balaban J connectivity index is 1.86. The predicted octanol–water partition coefficient (Wildman–Crippen LogP) is 3.68. The summed E-state index contributed by atoms with van der Waals surface area (Å²) >= 11 is 5.80. The molecule has 122 valence electrons. The van der Waals surface area contributed by atoms with Crippen LogP contribution < -0.4 is 10.6 Å². The van der Waals surface area contributed by atoms with E-state index in [9.17, 15) is 4.39 Å². The molecule has 0 bridgehead atoms. The first-order valence-corrected chi connectivity index (χ1v) is 7.91. The fourth-order valence-corrected chi connectivity index (χ4v) is 2.35. The Bertz CT molecular complexity index is 708. The molecule has 3 N–H and O–H groups in total. The molecule has 1 aromatic carbocycles. The predicted molar refractivity (Wildman–Crippen MR) is 88.9 cm³/mol. The van der Waals surface area contributed by atoms with Gasteiger partial charge in [-0.05, 0) is 38.0 Å². The third kappa shape index (κ3) is 4.09. The molecule has 1 heterocycles. The first kappa shape index (κ1) is 16.0. The summed E-state index contributed by atoms with van der Waals surface area (Å²) in [6.07, 6.45) is 2.24. The smallest absolute Gasteiger partial charge is 0.225 e. The third-order valence-electron chi connectivity index (χ3n) is 3.58. The maximum atomic E-state index is 13.2. The van der Waals surface area contributed by atoms with Crippen LogP contribution in [-0.2, 0) is 0 Å². The van der Waals surface area contributed by atoms with Crippen LogP contribution in [-0.4, -0.2) is 27.7 Å². The van der Waals surface area contributed by atoms with Crippen LogP contribution >= 0.6 is 11.6 Å². The quantitative estimate of drug-likeness (QED) is 0.750. The highest BCUT2D eigenvalue weighted by Crippen LogP contribution is 2.40. The van der Waals surface area contributed by atoms with Crippen LogP contribution in [0.15, 0.2) is 24.3 Å². The first-order valence-electron chi connectivity index (χ1n) is 7.53. The Hall–Kier alpha value is -1.92. The van der Waals surface area contributed by atoms with E-state index in [2.05, 4.69) is 20.6 Å². The molecule has 0 saturated heterocycles. The average Bonchev–Trinajstić information content (AvgIpc) is 3.35. The minimum Gasteiger partial charge on any atom is -0.394 e. The van der Waals surface area contributed by atoms with Crippen molar-refractivity contribution in [3.05, 3.63) is 40.8 Å². The third-order valence-corrected chi connectivity index (χ3v) is 3.87. The normalized spacial score (nSPS) is 15.3. The van der Waals surface area contributed by atoms with Crippen molar-refractivity contribution >= 4 is 29.1 Å². The second kappa shape index (κ2) is 6.68. The molecular weight excluding hydrogens is 319 g/mol. The summed E-state index contributed by atoms with van der Waals surface area (Å²) in [6, 6.07) is 6.17. The van der Waals surface area contributed by atoms with Crippen LogP contribution in [0.4, 0.5) is 21.8 Å². The number of aromatic nitrogens is 2. The van der Waals surface area contributed by atoms with E-state index in [1.54, 1.807) is 6.07 Å². The lowest BCUT2D eigenvalue weighted by atomic mass is 10.2. The van der Waals surface area contributed by atoms with Crippen molar-refractivity contribution in [2.45, 2.75) is 31.7 Å². The number of hydrogen-bond donors (Lipinski definition) is 3. The summed E-state index contributed by atoms with van der Waals surface area (Å²) in [5, 5.41) is 15.4. The standard InChI is InChI=1S/C16H18ClFN4O/c1-9(8-23)19-16-21-14(10-2-3-10)7-15(22-16)20-11-4-5-13(18)12(17)6-11/h4-7,9-10,23H,2-3,8H2,1H3,(H2,19,20,21,22)/t9-/m0/s1. The molecule has 1 aliphatic carbocycles. The number of hydrogen-bond acceptors (Lipinski definition) is 5. The number of rotatable bonds is 6. The molecule has 0 amide bonds. The van der Waals surface area contributed by atoms with Crippen LogP contribution in [0.3, 0.4) is 0 Å². The van der Waals surface area contributed by atoms with Crippen LogP contribution in [0.1, 0.15) is 31.4 Å². The molecule has 1 saturated carbocycles. The minimum atomic E-state index is -0.460. The number of nitrogens with zero attached hydrogens (tertiary/aromatic N) is 2. The largest absolute Gasteiger partial charge is 0.394 e. The molecular formula is C16H18ClFN4O. The Labute approximate surface area is 138 Å². The van der Waals surface area contributed by atoms with E-state index >= 15 is 0 Å². The number of benzene rings is 1.